The van der Waals surface area contributed by atoms with Crippen LogP contribution < -0.4 is 0 Å². The van der Waals surface area contributed by atoms with E-state index in [2.05, 4.69) is 0 Å². The smallest absolute Gasteiger partial charge is 0.237 e. The molecule has 0 radical (unpaired) electrons. The number of Topliss-reactive ketones (excluding diaryl/α,β-unsaturated/α-hetero) is 2. The van der Waals surface area contributed by atoms with Gasteiger partial charge in [-0.3, -0.25) is 9.59 Å². The van der Waals surface area contributed by atoms with E-state index in [1.165, 1.54) is 6.26 Å². The van der Waals surface area contributed by atoms with E-state index in [1.807, 2.05) is 19.9 Å². The number of hydrogen-bond acceptors (Lipinski definition) is 5. The molecule has 5 nitrogen and oxygen atoms in total. The topological polar surface area (TPSA) is 76.7 Å². The number of aryl methyl sites for hydroxylation is 1. The number of furan rings is 1. The highest BCUT2D eigenvalue weighted by molar-refractivity contribution is 6.53. The fourth-order valence-electron chi connectivity index (χ4n) is 4.18. The van der Waals surface area contributed by atoms with Crippen molar-refractivity contribution < 1.29 is 23.8 Å². The first-order valence-corrected chi connectivity index (χ1v) is 8.56. The molecule has 130 valence electrons. The van der Waals surface area contributed by atoms with Gasteiger partial charge in [0.05, 0.1) is 17.9 Å². The minimum absolute atomic E-state index is 0.362. The van der Waals surface area contributed by atoms with Crippen molar-refractivity contribution in [3.05, 3.63) is 46.2 Å². The van der Waals surface area contributed by atoms with Gasteiger partial charge in [0.15, 0.2) is 0 Å². The Kier molecular flexibility index (Phi) is 3.49. The number of rotatable bonds is 2. The van der Waals surface area contributed by atoms with Crippen LogP contribution in [0.15, 0.2) is 22.8 Å². The second kappa shape index (κ2) is 5.38. The Morgan fingerprint density at radius 1 is 1.28 bits per heavy atom. The minimum atomic E-state index is -0.889. The lowest BCUT2D eigenvalue weighted by atomic mass is 9.72. The van der Waals surface area contributed by atoms with Gasteiger partial charge in [0.1, 0.15) is 11.4 Å². The first-order valence-electron chi connectivity index (χ1n) is 8.56. The van der Waals surface area contributed by atoms with Crippen molar-refractivity contribution in [3.63, 3.8) is 0 Å². The van der Waals surface area contributed by atoms with Gasteiger partial charge in [0, 0.05) is 17.7 Å². The molecule has 0 fully saturated rings. The van der Waals surface area contributed by atoms with Crippen LogP contribution in [-0.2, 0) is 16.8 Å². The Balaban J connectivity index is 2.00. The van der Waals surface area contributed by atoms with Crippen LogP contribution in [0.2, 0.25) is 0 Å². The van der Waals surface area contributed by atoms with E-state index in [0.29, 0.717) is 47.5 Å². The number of hydrogen-bond donors (Lipinski definition) is 1. The van der Waals surface area contributed by atoms with E-state index < -0.39 is 23.3 Å². The summed E-state index contributed by atoms with van der Waals surface area (Å²) in [5.41, 5.74) is 2.77. The molecular weight excluding hydrogens is 320 g/mol. The zero-order chi connectivity index (χ0) is 17.9. The van der Waals surface area contributed by atoms with E-state index in [4.69, 9.17) is 9.15 Å². The van der Waals surface area contributed by atoms with Crippen LogP contribution in [0.1, 0.15) is 57.7 Å². The molecule has 2 aromatic rings. The average molecular weight is 340 g/mol. The maximum atomic E-state index is 12.9. The Hall–Kier alpha value is -2.24. The number of carbonyl (C=O) groups is 2. The average Bonchev–Trinajstić information content (AvgIpc) is 2.97. The lowest BCUT2D eigenvalue weighted by Crippen LogP contribution is -2.44. The monoisotopic (exact) mass is 340 g/mol. The van der Waals surface area contributed by atoms with Gasteiger partial charge in [-0.2, -0.15) is 0 Å². The van der Waals surface area contributed by atoms with E-state index in [9.17, 15) is 14.7 Å². The van der Waals surface area contributed by atoms with E-state index >= 15 is 0 Å². The fourth-order valence-corrected chi connectivity index (χ4v) is 4.18. The molecule has 0 spiro atoms. The predicted octanol–water partition coefficient (Wildman–Crippen LogP) is 3.19. The Bertz CT molecular complexity index is 907. The molecule has 1 aromatic carbocycles. The van der Waals surface area contributed by atoms with E-state index in [0.717, 1.165) is 11.1 Å². The lowest BCUT2D eigenvalue weighted by Gasteiger charge is -2.41. The SMILES string of the molecule is CCOC1(C)c2ccc3c(c2CCC1O)C(=O)C(=O)c1c(C)coc1-3. The quantitative estimate of drug-likeness (QED) is 0.850. The van der Waals surface area contributed by atoms with Crippen LogP contribution in [0, 0.1) is 6.92 Å². The first kappa shape index (κ1) is 16.2. The van der Waals surface area contributed by atoms with Gasteiger partial charge >= 0.3 is 0 Å². The molecule has 25 heavy (non-hydrogen) atoms. The molecule has 0 saturated heterocycles. The molecule has 2 unspecified atom stereocenters. The number of fused-ring (bicyclic) bond motifs is 5. The van der Waals surface area contributed by atoms with Crippen LogP contribution >= 0.6 is 0 Å². The summed E-state index contributed by atoms with van der Waals surface area (Å²) in [4.78, 5) is 25.5. The molecule has 2 aliphatic rings. The number of carbonyl (C=O) groups excluding carboxylic acids is 2. The Morgan fingerprint density at radius 2 is 2.00 bits per heavy atom. The summed E-state index contributed by atoms with van der Waals surface area (Å²) in [7, 11) is 0. The summed E-state index contributed by atoms with van der Waals surface area (Å²) in [5, 5.41) is 10.5. The zero-order valence-electron chi connectivity index (χ0n) is 14.5. The molecule has 1 N–H and O–H groups in total. The second-order valence-corrected chi connectivity index (χ2v) is 6.89. The van der Waals surface area contributed by atoms with Gasteiger partial charge in [-0.15, -0.1) is 0 Å². The number of aliphatic hydroxyl groups excluding tert-OH is 1. The first-order chi connectivity index (χ1) is 11.9. The van der Waals surface area contributed by atoms with Crippen LogP contribution in [-0.4, -0.2) is 29.4 Å². The fraction of sp³-hybridized carbons (Fsp3) is 0.400. The highest BCUT2D eigenvalue weighted by atomic mass is 16.5. The third-order valence-corrected chi connectivity index (χ3v) is 5.48. The maximum absolute atomic E-state index is 12.9. The summed E-state index contributed by atoms with van der Waals surface area (Å²) in [6.45, 7) is 5.91. The summed E-state index contributed by atoms with van der Waals surface area (Å²) in [5.74, 6) is -0.561. The van der Waals surface area contributed by atoms with Crippen molar-refractivity contribution in [2.75, 3.05) is 6.61 Å². The van der Waals surface area contributed by atoms with Crippen molar-refractivity contribution in [2.24, 2.45) is 0 Å². The van der Waals surface area contributed by atoms with Crippen molar-refractivity contribution in [3.8, 4) is 11.3 Å². The number of benzene rings is 1. The standard InChI is InChI=1S/C20H20O5/c1-4-25-20(3)13-7-5-12-16(11(13)6-8-14(20)21)18(23)17(22)15-10(2)9-24-19(12)15/h5,7,9,14,21H,4,6,8H2,1-3H3. The molecule has 0 bridgehead atoms. The van der Waals surface area contributed by atoms with E-state index in [1.54, 1.807) is 13.0 Å². The number of ether oxygens (including phenoxy) is 1. The summed E-state index contributed by atoms with van der Waals surface area (Å²) in [6.07, 6.45) is 1.86. The Labute approximate surface area is 145 Å². The minimum Gasteiger partial charge on any atom is -0.463 e. The molecule has 1 heterocycles. The molecule has 0 amide bonds. The zero-order valence-corrected chi connectivity index (χ0v) is 14.5. The third-order valence-electron chi connectivity index (χ3n) is 5.48. The molecule has 0 aliphatic heterocycles. The van der Waals surface area contributed by atoms with Crippen LogP contribution in [0.5, 0.6) is 0 Å². The molecule has 1 aromatic heterocycles. The largest absolute Gasteiger partial charge is 0.463 e. The molecular formula is C20H20O5. The maximum Gasteiger partial charge on any atom is 0.237 e. The van der Waals surface area contributed by atoms with Crippen molar-refractivity contribution in [1.82, 2.24) is 0 Å². The van der Waals surface area contributed by atoms with Crippen LogP contribution in [0.25, 0.3) is 11.3 Å². The van der Waals surface area contributed by atoms with Crippen molar-refractivity contribution >= 4 is 11.6 Å². The van der Waals surface area contributed by atoms with Crippen molar-refractivity contribution in [1.29, 1.82) is 0 Å². The van der Waals surface area contributed by atoms with Gasteiger partial charge in [-0.1, -0.05) is 12.1 Å². The molecule has 4 rings (SSSR count). The van der Waals surface area contributed by atoms with Gasteiger partial charge in [0.25, 0.3) is 0 Å². The normalized spacial score (nSPS) is 24.7. The van der Waals surface area contributed by atoms with E-state index in [-0.39, 0.29) is 0 Å². The molecule has 5 heteroatoms. The Morgan fingerprint density at radius 3 is 2.72 bits per heavy atom. The van der Waals surface area contributed by atoms with Gasteiger partial charge in [-0.05, 0) is 50.3 Å². The summed E-state index contributed by atoms with van der Waals surface area (Å²) >= 11 is 0. The second-order valence-electron chi connectivity index (χ2n) is 6.89. The van der Waals surface area contributed by atoms with Crippen LogP contribution in [0.3, 0.4) is 0 Å². The van der Waals surface area contributed by atoms with Gasteiger partial charge < -0.3 is 14.3 Å². The summed E-state index contributed by atoms with van der Waals surface area (Å²) < 4.78 is 11.5. The highest BCUT2D eigenvalue weighted by Gasteiger charge is 2.45. The summed E-state index contributed by atoms with van der Waals surface area (Å²) in [6, 6.07) is 3.69. The number of ketones is 2. The number of aliphatic hydroxyl groups is 1. The van der Waals surface area contributed by atoms with Gasteiger partial charge in [-0.25, -0.2) is 0 Å². The molecule has 0 saturated carbocycles. The van der Waals surface area contributed by atoms with Gasteiger partial charge in [0.2, 0.25) is 11.6 Å². The lowest BCUT2D eigenvalue weighted by molar-refractivity contribution is -0.122. The van der Waals surface area contributed by atoms with Crippen molar-refractivity contribution in [2.45, 2.75) is 45.3 Å². The highest BCUT2D eigenvalue weighted by Crippen LogP contribution is 2.45. The van der Waals surface area contributed by atoms with Crippen LogP contribution in [0.4, 0.5) is 0 Å². The molecule has 2 atom stereocenters. The molecule has 2 aliphatic carbocycles. The third kappa shape index (κ3) is 2.03. The predicted molar refractivity (Wildman–Crippen MR) is 90.8 cm³/mol.